The second kappa shape index (κ2) is 5.66. The number of likely N-dealkylation sites (tertiary alicyclic amines) is 1. The lowest BCUT2D eigenvalue weighted by atomic mass is 10.0. The number of aromatic nitrogens is 2. The Balaban J connectivity index is 1.74. The molecule has 1 fully saturated rings. The largest absolute Gasteiger partial charge is 0.334 e. The van der Waals surface area contributed by atoms with Crippen molar-refractivity contribution >= 4 is 17.4 Å². The van der Waals surface area contributed by atoms with Gasteiger partial charge in [0, 0.05) is 18.0 Å². The van der Waals surface area contributed by atoms with E-state index >= 15 is 0 Å². The average Bonchev–Trinajstić information content (AvgIpc) is 3.09. The highest BCUT2D eigenvalue weighted by atomic mass is 32.1. The van der Waals surface area contributed by atoms with Crippen LogP contribution in [0.5, 0.6) is 0 Å². The lowest BCUT2D eigenvalue weighted by molar-refractivity contribution is 0.0730. The number of carbonyl (C=O) groups excluding carboxylic acids is 1. The summed E-state index contributed by atoms with van der Waals surface area (Å²) in [7, 11) is 0. The zero-order valence-corrected chi connectivity index (χ0v) is 11.6. The van der Waals surface area contributed by atoms with Crippen molar-refractivity contribution in [2.75, 3.05) is 6.54 Å². The van der Waals surface area contributed by atoms with Gasteiger partial charge in [-0.2, -0.15) is 0 Å². The van der Waals surface area contributed by atoms with Gasteiger partial charge in [-0.15, -0.1) is 5.10 Å². The van der Waals surface area contributed by atoms with Gasteiger partial charge in [0.25, 0.3) is 5.91 Å². The van der Waals surface area contributed by atoms with Gasteiger partial charge in [-0.05, 0) is 48.5 Å². The summed E-state index contributed by atoms with van der Waals surface area (Å²) in [4.78, 5) is 14.2. The Labute approximate surface area is 120 Å². The quantitative estimate of drug-likeness (QED) is 0.873. The van der Waals surface area contributed by atoms with Gasteiger partial charge in [0.05, 0.1) is 0 Å². The SMILES string of the molecule is O=C(c1csnn1)N1CCC[C@@H]1Cc1cccc(F)c1. The van der Waals surface area contributed by atoms with Gasteiger partial charge in [-0.3, -0.25) is 4.79 Å². The zero-order valence-electron chi connectivity index (χ0n) is 10.8. The van der Waals surface area contributed by atoms with E-state index < -0.39 is 0 Å². The molecule has 0 N–H and O–H groups in total. The molecule has 0 saturated carbocycles. The van der Waals surface area contributed by atoms with Crippen LogP contribution < -0.4 is 0 Å². The highest BCUT2D eigenvalue weighted by molar-refractivity contribution is 7.03. The van der Waals surface area contributed by atoms with Crippen molar-refractivity contribution in [2.24, 2.45) is 0 Å². The number of halogens is 1. The summed E-state index contributed by atoms with van der Waals surface area (Å²) in [6, 6.07) is 6.68. The molecular formula is C14H14FN3OS. The molecule has 1 aliphatic rings. The normalized spacial score (nSPS) is 18.4. The molecule has 1 aromatic heterocycles. The minimum Gasteiger partial charge on any atom is -0.334 e. The summed E-state index contributed by atoms with van der Waals surface area (Å²) < 4.78 is 17.0. The number of benzene rings is 1. The van der Waals surface area contributed by atoms with Gasteiger partial charge in [-0.25, -0.2) is 4.39 Å². The number of hydrogen-bond donors (Lipinski definition) is 0. The molecular weight excluding hydrogens is 277 g/mol. The molecule has 4 nitrogen and oxygen atoms in total. The summed E-state index contributed by atoms with van der Waals surface area (Å²) in [5.74, 6) is -0.306. The Morgan fingerprint density at radius 1 is 1.50 bits per heavy atom. The smallest absolute Gasteiger partial charge is 0.275 e. The minimum absolute atomic E-state index is 0.0716. The Kier molecular flexibility index (Phi) is 3.73. The fraction of sp³-hybridized carbons (Fsp3) is 0.357. The summed E-state index contributed by atoms with van der Waals surface area (Å²) >= 11 is 1.18. The molecule has 0 unspecified atom stereocenters. The Hall–Kier alpha value is -1.82. The predicted molar refractivity (Wildman–Crippen MR) is 74.1 cm³/mol. The van der Waals surface area contributed by atoms with E-state index in [1.165, 1.54) is 23.7 Å². The maximum Gasteiger partial charge on any atom is 0.275 e. The number of amides is 1. The van der Waals surface area contributed by atoms with E-state index in [0.717, 1.165) is 24.9 Å². The molecule has 2 heterocycles. The third kappa shape index (κ3) is 2.70. The second-order valence-corrected chi connectivity index (χ2v) is 5.53. The summed E-state index contributed by atoms with van der Waals surface area (Å²) in [6.07, 6.45) is 2.60. The predicted octanol–water partition coefficient (Wildman–Crippen LogP) is 2.52. The first-order valence-electron chi connectivity index (χ1n) is 6.56. The van der Waals surface area contributed by atoms with E-state index in [9.17, 15) is 9.18 Å². The molecule has 0 spiro atoms. The minimum atomic E-state index is -0.234. The standard InChI is InChI=1S/C14H14FN3OS/c15-11-4-1-3-10(7-11)8-12-5-2-6-18(12)14(19)13-9-20-17-16-13/h1,3-4,7,9,12H,2,5-6,8H2/t12-/m1/s1. The summed E-state index contributed by atoms with van der Waals surface area (Å²) in [5, 5.41) is 5.50. The molecule has 3 rings (SSSR count). The van der Waals surface area contributed by atoms with Crippen molar-refractivity contribution in [3.63, 3.8) is 0 Å². The fourth-order valence-electron chi connectivity index (χ4n) is 2.66. The van der Waals surface area contributed by atoms with E-state index in [0.29, 0.717) is 12.1 Å². The summed E-state index contributed by atoms with van der Waals surface area (Å²) in [6.45, 7) is 0.732. The first-order valence-corrected chi connectivity index (χ1v) is 7.40. The maximum atomic E-state index is 13.2. The van der Waals surface area contributed by atoms with E-state index in [-0.39, 0.29) is 17.8 Å². The van der Waals surface area contributed by atoms with Crippen molar-refractivity contribution in [2.45, 2.75) is 25.3 Å². The van der Waals surface area contributed by atoms with Crippen LogP contribution in [0.2, 0.25) is 0 Å². The highest BCUT2D eigenvalue weighted by Crippen LogP contribution is 2.23. The van der Waals surface area contributed by atoms with Crippen molar-refractivity contribution in [1.29, 1.82) is 0 Å². The molecule has 1 aliphatic heterocycles. The molecule has 0 bridgehead atoms. The number of nitrogens with zero attached hydrogens (tertiary/aromatic N) is 3. The van der Waals surface area contributed by atoms with Crippen molar-refractivity contribution in [1.82, 2.24) is 14.5 Å². The van der Waals surface area contributed by atoms with Crippen LogP contribution in [0.15, 0.2) is 29.6 Å². The van der Waals surface area contributed by atoms with E-state index in [1.807, 2.05) is 11.0 Å². The van der Waals surface area contributed by atoms with Crippen LogP contribution in [-0.2, 0) is 6.42 Å². The van der Waals surface area contributed by atoms with Gasteiger partial charge in [-0.1, -0.05) is 16.6 Å². The van der Waals surface area contributed by atoms with Crippen molar-refractivity contribution < 1.29 is 9.18 Å². The lowest BCUT2D eigenvalue weighted by Gasteiger charge is -2.23. The highest BCUT2D eigenvalue weighted by Gasteiger charge is 2.30. The molecule has 20 heavy (non-hydrogen) atoms. The molecule has 1 amide bonds. The van der Waals surface area contributed by atoms with Gasteiger partial charge in [0.2, 0.25) is 0 Å². The molecule has 104 valence electrons. The number of hydrogen-bond acceptors (Lipinski definition) is 4. The Morgan fingerprint density at radius 2 is 2.40 bits per heavy atom. The van der Waals surface area contributed by atoms with Gasteiger partial charge in [0.1, 0.15) is 5.82 Å². The molecule has 6 heteroatoms. The monoisotopic (exact) mass is 291 g/mol. The molecule has 0 radical (unpaired) electrons. The van der Waals surface area contributed by atoms with Gasteiger partial charge in [0.15, 0.2) is 5.69 Å². The van der Waals surface area contributed by atoms with Crippen LogP contribution in [-0.4, -0.2) is 33.0 Å². The molecule has 1 saturated heterocycles. The fourth-order valence-corrected chi connectivity index (χ4v) is 3.09. The Morgan fingerprint density at radius 3 is 3.15 bits per heavy atom. The van der Waals surface area contributed by atoms with Crippen LogP contribution in [0, 0.1) is 5.82 Å². The molecule has 2 aromatic rings. The van der Waals surface area contributed by atoms with Crippen molar-refractivity contribution in [3.8, 4) is 0 Å². The second-order valence-electron chi connectivity index (χ2n) is 4.92. The Bertz CT molecular complexity index is 602. The van der Waals surface area contributed by atoms with Crippen LogP contribution in [0.1, 0.15) is 28.9 Å². The first kappa shape index (κ1) is 13.2. The molecule has 1 aromatic carbocycles. The van der Waals surface area contributed by atoms with Crippen LogP contribution in [0.3, 0.4) is 0 Å². The topological polar surface area (TPSA) is 46.1 Å². The molecule has 0 aliphatic carbocycles. The third-order valence-corrected chi connectivity index (χ3v) is 4.08. The number of carbonyl (C=O) groups is 1. The van der Waals surface area contributed by atoms with E-state index in [1.54, 1.807) is 11.4 Å². The average molecular weight is 291 g/mol. The third-order valence-electron chi connectivity index (χ3n) is 3.58. The maximum absolute atomic E-state index is 13.2. The van der Waals surface area contributed by atoms with Crippen LogP contribution in [0.4, 0.5) is 4.39 Å². The zero-order chi connectivity index (χ0) is 13.9. The van der Waals surface area contributed by atoms with Crippen molar-refractivity contribution in [3.05, 3.63) is 46.7 Å². The van der Waals surface area contributed by atoms with E-state index in [4.69, 9.17) is 0 Å². The molecule has 1 atom stereocenters. The first-order chi connectivity index (χ1) is 9.74. The van der Waals surface area contributed by atoms with Crippen LogP contribution >= 0.6 is 11.5 Å². The van der Waals surface area contributed by atoms with Crippen LogP contribution in [0.25, 0.3) is 0 Å². The summed E-state index contributed by atoms with van der Waals surface area (Å²) in [5.41, 5.74) is 1.33. The van der Waals surface area contributed by atoms with E-state index in [2.05, 4.69) is 9.59 Å². The van der Waals surface area contributed by atoms with Gasteiger partial charge < -0.3 is 4.90 Å². The lowest BCUT2D eigenvalue weighted by Crippen LogP contribution is -2.37. The van der Waals surface area contributed by atoms with Gasteiger partial charge >= 0.3 is 0 Å². The number of rotatable bonds is 3.